The monoisotopic (exact) mass is 1940 g/mol. The third kappa shape index (κ3) is 78.1. The Labute approximate surface area is 787 Å². The molecule has 0 spiro atoms. The molecule has 42 nitrogen and oxygen atoms in total. The van der Waals surface area contributed by atoms with Gasteiger partial charge in [-0.25, -0.2) is 52.7 Å². The number of thiocarbonyl (C=S) groups is 5. The van der Waals surface area contributed by atoms with E-state index in [0.29, 0.717) is 56.2 Å². The summed E-state index contributed by atoms with van der Waals surface area (Å²) in [5, 5.41) is 69.2. The molecule has 3 aliphatic rings. The third-order valence-electron chi connectivity index (χ3n) is 16.3. The summed E-state index contributed by atoms with van der Waals surface area (Å²) >= 11 is 22.3. The maximum atomic E-state index is 11.8. The molecular weight excluding hydrogens is 1790 g/mol. The lowest BCUT2D eigenvalue weighted by molar-refractivity contribution is -0.169. The Morgan fingerprint density at radius 1 is 0.426 bits per heavy atom. The zero-order valence-corrected chi connectivity index (χ0v) is 84.7. The minimum Gasteiger partial charge on any atom is -0.480 e. The van der Waals surface area contributed by atoms with Crippen LogP contribution < -0.4 is 81.8 Å². The molecule has 1 saturated heterocycles. The molecule has 2 saturated carbocycles. The molecular formula is C82H155N15O27S5. The minimum absolute atomic E-state index is 0.0330. The summed E-state index contributed by atoms with van der Waals surface area (Å²) in [7, 11) is 0. The van der Waals surface area contributed by atoms with E-state index in [0.717, 1.165) is 25.7 Å². The molecule has 3 rings (SSSR count). The van der Waals surface area contributed by atoms with Crippen LogP contribution in [0.25, 0.3) is 0 Å². The topological polar surface area (TPSA) is 664 Å². The zero-order chi connectivity index (χ0) is 103. The average molecular weight is 1940 g/mol. The van der Waals surface area contributed by atoms with Crippen LogP contribution in [-0.2, 0) is 76.3 Å². The van der Waals surface area contributed by atoms with Crippen molar-refractivity contribution in [1.82, 2.24) is 53.2 Å². The molecule has 47 heteroatoms. The Kier molecular flexibility index (Phi) is 69.6. The van der Waals surface area contributed by atoms with Crippen molar-refractivity contribution < 1.29 is 131 Å². The number of alkyl carbamates (subject to hydrolysis) is 6. The van der Waals surface area contributed by atoms with Crippen LogP contribution in [0.5, 0.6) is 0 Å². The minimum atomic E-state index is -1.09. The Balaban J connectivity index is -0.000000260. The molecule has 1 heterocycles. The predicted octanol–water partition coefficient (Wildman–Crippen LogP) is 9.77. The molecule has 750 valence electrons. The van der Waals surface area contributed by atoms with Gasteiger partial charge in [-0.2, -0.15) is 0 Å². The fourth-order valence-corrected chi connectivity index (χ4v) is 10.5. The van der Waals surface area contributed by atoms with Gasteiger partial charge < -0.3 is 140 Å². The van der Waals surface area contributed by atoms with Gasteiger partial charge in [0.1, 0.15) is 49.2 Å². The van der Waals surface area contributed by atoms with Crippen molar-refractivity contribution in [1.29, 1.82) is 0 Å². The van der Waals surface area contributed by atoms with Crippen molar-refractivity contribution >= 4 is 171 Å². The second-order valence-corrected chi connectivity index (χ2v) is 38.9. The van der Waals surface area contributed by atoms with Crippen molar-refractivity contribution in [3.63, 3.8) is 0 Å². The standard InChI is InChI=1S/C13H23NO6.C13H23NO4.C11H21NO4.C10H19NO4.C9H17NO4.C8H14N2OS.C5H10N2O2S.C5H10N2OS.C4H8N2OS.C4H10N2S/c1-12(2,3)9(10(15)16)14-11(17)20-7-13(4)5-18-8-19-6-13;1-12(2,3)9(10(15)16)14-11(17)18-13(4)7-5-6-8-13;1-7(2)6-16-10(15)12-8(9(13)14)11(3,4)5;1-5-6-15-9(14)11-7(8(12)13)10(2,3)4;1-5-14-8(13)10-6(7(11)12)9(2,3)4;9-8(12)10-7(11)5-6-3-1-2-4-6;1-3(2)9-5(8)7-4(6)10;1-3(2)4(8)7-5(6)9;1-2-3(7)6-4(5)8;1-3(2)6-4(5)7/h9H,5-8H2,1-4H3,(H,14,17)(H,15,16);9H,5-8H2,1-4H3,(H,14,17)(H,15,16);7-8H,6H2,1-5H3,(H,12,15)(H,13,14);7H,5-6H2,1-4H3,(H,11,14)(H,12,13);6H,5H2,1-4H3,(H,10,13)(H,11,12);6H,1-5H2,(H3,9,10,11,12);3H,1-2H3,(H3,6,7,8,10);3H,1-2H3,(H3,6,7,8,9);2H2,1H3,(H3,5,6,7,8);3H,1-2H3,(H3,5,6,7)/t2*9-;8-;7-;6-;;;;;/m11111...../s1. The Hall–Kier alpha value is -9.45. The highest BCUT2D eigenvalue weighted by molar-refractivity contribution is 7.81. The van der Waals surface area contributed by atoms with Crippen molar-refractivity contribution in [3.8, 4) is 0 Å². The van der Waals surface area contributed by atoms with Gasteiger partial charge in [0.05, 0.1) is 39.1 Å². The van der Waals surface area contributed by atoms with E-state index in [9.17, 15) is 67.1 Å². The first-order valence-corrected chi connectivity index (χ1v) is 43.7. The van der Waals surface area contributed by atoms with E-state index >= 15 is 0 Å². The van der Waals surface area contributed by atoms with Crippen molar-refractivity contribution in [2.75, 3.05) is 46.4 Å². The molecule has 0 bridgehead atoms. The third-order valence-corrected chi connectivity index (χ3v) is 16.8. The van der Waals surface area contributed by atoms with Crippen LogP contribution in [0.4, 0.5) is 28.8 Å². The molecule has 0 aromatic carbocycles. The number of hydrogen-bond donors (Lipinski definition) is 20. The summed E-state index contributed by atoms with van der Waals surface area (Å²) in [5.41, 5.74) is 21.6. The van der Waals surface area contributed by atoms with Gasteiger partial charge in [-0.15, -0.1) is 0 Å². The highest BCUT2D eigenvalue weighted by atomic mass is 32.1. The molecule has 0 unspecified atom stereocenters. The van der Waals surface area contributed by atoms with Crippen LogP contribution in [0.2, 0.25) is 0 Å². The maximum Gasteiger partial charge on any atom is 0.413 e. The van der Waals surface area contributed by atoms with Gasteiger partial charge in [-0.3, -0.25) is 19.7 Å². The van der Waals surface area contributed by atoms with Gasteiger partial charge in [-0.05, 0) is 186 Å². The molecule has 2 aliphatic carbocycles. The smallest absolute Gasteiger partial charge is 0.413 e. The zero-order valence-electron chi connectivity index (χ0n) is 80.6. The highest BCUT2D eigenvalue weighted by Gasteiger charge is 2.40. The SMILES string of the molecule is CC(C)C(=O)NC(N)=S.CC(C)COC(=O)N[C@H](C(=O)O)C(C)(C)C.CC(C)NC(N)=S.CC(C)OC(=O)NC(N)=S.CC1(COC(=O)N[C@H](C(=O)O)C(C)(C)C)COCOC1.CC1(OC(=O)N[C@H](C(=O)O)C(C)(C)C)CCCC1.CCC(=O)NC(N)=S.CCCOC(=O)N[C@H](C(=O)O)C(C)(C)C.CCOC(=O)N[C@H](C(=O)O)C(C)(C)C.NC(=S)NC(=O)CC1CCCC1. The normalized spacial score (nSPS) is 14.5. The van der Waals surface area contributed by atoms with Crippen molar-refractivity contribution in [2.45, 2.75) is 312 Å². The van der Waals surface area contributed by atoms with E-state index in [1.54, 1.807) is 145 Å². The first kappa shape index (κ1) is 133. The van der Waals surface area contributed by atoms with Crippen molar-refractivity contribution in [3.05, 3.63) is 0 Å². The second-order valence-electron chi connectivity index (χ2n) is 36.7. The Bertz CT molecular complexity index is 3490. The first-order chi connectivity index (χ1) is 58.5. The molecule has 3 fully saturated rings. The molecule has 9 amide bonds. The van der Waals surface area contributed by atoms with E-state index in [-0.39, 0.29) is 82.7 Å². The van der Waals surface area contributed by atoms with Crippen LogP contribution in [0.3, 0.4) is 0 Å². The van der Waals surface area contributed by atoms with E-state index in [2.05, 4.69) is 124 Å². The number of amides is 9. The van der Waals surface area contributed by atoms with Crippen LogP contribution >= 0.6 is 61.1 Å². The van der Waals surface area contributed by atoms with Crippen LogP contribution in [0.1, 0.15) is 264 Å². The van der Waals surface area contributed by atoms with Crippen LogP contribution in [0, 0.1) is 50.2 Å². The van der Waals surface area contributed by atoms with E-state index in [1.807, 2.05) is 48.5 Å². The summed E-state index contributed by atoms with van der Waals surface area (Å²) < 4.78 is 39.6. The number of carboxylic acids is 5. The van der Waals surface area contributed by atoms with Crippen molar-refractivity contribution in [2.24, 2.45) is 78.9 Å². The lowest BCUT2D eigenvalue weighted by Gasteiger charge is -2.33. The number of nitrogens with two attached hydrogens (primary N) is 5. The van der Waals surface area contributed by atoms with E-state index in [4.69, 9.17) is 82.6 Å². The fraction of sp³-hybridized carbons (Fsp3) is 0.768. The Morgan fingerprint density at radius 3 is 1.02 bits per heavy atom. The lowest BCUT2D eigenvalue weighted by Crippen LogP contribution is -2.50. The quantitative estimate of drug-likeness (QED) is 0.0315. The largest absolute Gasteiger partial charge is 0.480 e. The van der Waals surface area contributed by atoms with Gasteiger partial charge in [0, 0.05) is 30.2 Å². The van der Waals surface area contributed by atoms with Gasteiger partial charge in [0.15, 0.2) is 25.6 Å². The van der Waals surface area contributed by atoms with Gasteiger partial charge >= 0.3 is 66.4 Å². The number of nitrogens with one attached hydrogen (secondary N) is 10. The first-order valence-electron chi connectivity index (χ1n) is 41.7. The maximum absolute atomic E-state index is 11.8. The Morgan fingerprint density at radius 2 is 0.760 bits per heavy atom. The average Bonchev–Trinajstić information content (AvgIpc) is 1.21. The summed E-state index contributed by atoms with van der Waals surface area (Å²) in [6.07, 6.45) is 6.11. The molecule has 0 aromatic rings. The molecule has 0 aromatic heterocycles. The predicted molar refractivity (Wildman–Crippen MR) is 508 cm³/mol. The molecule has 25 N–H and O–H groups in total. The fourth-order valence-electron chi connectivity index (χ4n) is 9.83. The second kappa shape index (κ2) is 67.7. The molecule has 5 atom stereocenters. The summed E-state index contributed by atoms with van der Waals surface area (Å²) in [5.74, 6) is -4.92. The van der Waals surface area contributed by atoms with E-state index in [1.165, 1.54) is 25.7 Å². The number of carbonyl (C=O) groups excluding carboxylic acids is 9. The van der Waals surface area contributed by atoms with Gasteiger partial charge in [-0.1, -0.05) is 165 Å². The summed E-state index contributed by atoms with van der Waals surface area (Å²) in [4.78, 5) is 155. The number of carbonyl (C=O) groups is 14. The number of hydrogen-bond acceptors (Lipinski definition) is 27. The summed E-state index contributed by atoms with van der Waals surface area (Å²) in [6, 6.07) is -4.44. The number of aliphatic carboxylic acids is 5. The van der Waals surface area contributed by atoms with Gasteiger partial charge in [0.2, 0.25) is 17.7 Å². The van der Waals surface area contributed by atoms with Crippen LogP contribution in [-0.4, -0.2) is 230 Å². The molecule has 129 heavy (non-hydrogen) atoms. The number of carboxylic acid groups (broad SMARTS) is 5. The number of ether oxygens (including phenoxy) is 8. The summed E-state index contributed by atoms with van der Waals surface area (Å²) in [6.45, 7) is 52.0. The van der Waals surface area contributed by atoms with Crippen LogP contribution in [0.15, 0.2) is 0 Å². The molecule has 1 aliphatic heterocycles. The highest BCUT2D eigenvalue weighted by Crippen LogP contribution is 2.33. The lowest BCUT2D eigenvalue weighted by atomic mass is 9.87. The van der Waals surface area contributed by atoms with E-state index < -0.39 is 135 Å². The number of rotatable bonds is 24. The van der Waals surface area contributed by atoms with Gasteiger partial charge in [0.25, 0.3) is 0 Å². The molecule has 0 radical (unpaired) electrons.